The predicted octanol–water partition coefficient (Wildman–Crippen LogP) is -1.11. The highest BCUT2D eigenvalue weighted by Crippen LogP contribution is 2.38. The van der Waals surface area contributed by atoms with Gasteiger partial charge >= 0.3 is 0 Å². The third-order valence-electron chi connectivity index (χ3n) is 4.84. The maximum absolute atomic E-state index is 5.49. The molecule has 1 saturated carbocycles. The number of halogens is 1. The topological polar surface area (TPSA) is 25.4 Å². The van der Waals surface area contributed by atoms with E-state index in [1.807, 2.05) is 12.5 Å². The first-order valence-electron chi connectivity index (χ1n) is 7.15. The Labute approximate surface area is 124 Å². The van der Waals surface area contributed by atoms with Crippen LogP contribution >= 0.6 is 0 Å². The quantitative estimate of drug-likeness (QED) is 0.565. The first-order valence-corrected chi connectivity index (χ1v) is 7.15. The molecule has 2 unspecified atom stereocenters. The molecule has 3 aliphatic rings. The van der Waals surface area contributed by atoms with Gasteiger partial charge in [-0.15, -0.1) is 0 Å². The predicted molar refractivity (Wildman–Crippen MR) is 68.2 cm³/mol. The van der Waals surface area contributed by atoms with Gasteiger partial charge in [0.25, 0.3) is 0 Å². The molecule has 1 aromatic rings. The van der Waals surface area contributed by atoms with Crippen molar-refractivity contribution in [2.45, 2.75) is 25.7 Å². The van der Waals surface area contributed by atoms with Crippen molar-refractivity contribution in [2.75, 3.05) is 26.3 Å². The fraction of sp³-hybridized carbons (Fsp3) is 0.667. The van der Waals surface area contributed by atoms with Gasteiger partial charge in [-0.2, -0.15) is 0 Å². The Balaban J connectivity index is 0.00000110. The minimum Gasteiger partial charge on any atom is -1.00 e. The number of ether oxygens (including phenoxy) is 1. The lowest BCUT2D eigenvalue weighted by molar-refractivity contribution is -0.552. The second kappa shape index (κ2) is 5.41. The van der Waals surface area contributed by atoms with E-state index in [0.29, 0.717) is 0 Å². The number of hydrogen-bond donors (Lipinski definition) is 0. The lowest BCUT2D eigenvalue weighted by Gasteiger charge is -2.17. The molecule has 4 rings (SSSR count). The molecule has 2 heterocycles. The van der Waals surface area contributed by atoms with Crippen molar-refractivity contribution in [2.24, 2.45) is 11.8 Å². The summed E-state index contributed by atoms with van der Waals surface area (Å²) in [5, 5.41) is 0. The van der Waals surface area contributed by atoms with Crippen molar-refractivity contribution >= 4 is 5.71 Å². The minimum atomic E-state index is 0. The van der Waals surface area contributed by atoms with E-state index >= 15 is 0 Å². The van der Waals surface area contributed by atoms with Gasteiger partial charge in [0.15, 0.2) is 18.8 Å². The number of morpholine rings is 1. The zero-order chi connectivity index (χ0) is 11.9. The molecule has 1 saturated heterocycles. The summed E-state index contributed by atoms with van der Waals surface area (Å²) < 4.78 is 13.5. The third kappa shape index (κ3) is 2.29. The Morgan fingerprint density at radius 2 is 1.53 bits per heavy atom. The normalized spacial score (nSPS) is 29.7. The molecule has 4 heteroatoms. The van der Waals surface area contributed by atoms with Crippen molar-refractivity contribution in [3.63, 3.8) is 0 Å². The SMILES string of the molecule is [Br-].c1occ2c1CC1CCC(C2)C1=[N+]1CCOCC1. The number of rotatable bonds is 0. The Bertz CT molecular complexity index is 456. The van der Waals surface area contributed by atoms with Gasteiger partial charge in [-0.1, -0.05) is 0 Å². The molecule has 0 amide bonds. The highest BCUT2D eigenvalue weighted by atomic mass is 79.9. The average molecular weight is 326 g/mol. The van der Waals surface area contributed by atoms with E-state index < -0.39 is 0 Å². The summed E-state index contributed by atoms with van der Waals surface area (Å²) in [6.45, 7) is 3.99. The molecule has 0 spiro atoms. The Morgan fingerprint density at radius 3 is 2.11 bits per heavy atom. The Hall–Kier alpha value is -0.610. The van der Waals surface area contributed by atoms with Gasteiger partial charge < -0.3 is 26.1 Å². The van der Waals surface area contributed by atoms with Crippen LogP contribution in [-0.4, -0.2) is 36.6 Å². The zero-order valence-electron chi connectivity index (χ0n) is 11.1. The van der Waals surface area contributed by atoms with Crippen molar-refractivity contribution in [3.8, 4) is 0 Å². The fourth-order valence-electron chi connectivity index (χ4n) is 4.02. The van der Waals surface area contributed by atoms with Crippen LogP contribution in [0.3, 0.4) is 0 Å². The molecule has 2 aliphatic carbocycles. The Morgan fingerprint density at radius 1 is 0.947 bits per heavy atom. The molecule has 1 aliphatic heterocycles. The molecule has 0 aromatic carbocycles. The first-order chi connectivity index (χ1) is 8.92. The van der Waals surface area contributed by atoms with Gasteiger partial charge in [0.1, 0.15) is 13.2 Å². The molecule has 0 N–H and O–H groups in total. The Kier molecular flexibility index (Phi) is 3.81. The smallest absolute Gasteiger partial charge is 0.166 e. The van der Waals surface area contributed by atoms with Crippen LogP contribution in [0.5, 0.6) is 0 Å². The van der Waals surface area contributed by atoms with Gasteiger partial charge in [0.05, 0.1) is 12.5 Å². The molecular formula is C15H20BrNO2. The average Bonchev–Trinajstić information content (AvgIpc) is 2.95. The van der Waals surface area contributed by atoms with E-state index in [2.05, 4.69) is 4.58 Å². The van der Waals surface area contributed by atoms with Crippen molar-refractivity contribution < 1.29 is 30.7 Å². The van der Waals surface area contributed by atoms with Crippen LogP contribution in [0, 0.1) is 11.8 Å². The summed E-state index contributed by atoms with van der Waals surface area (Å²) in [4.78, 5) is 0. The van der Waals surface area contributed by atoms with Crippen LogP contribution in [0.15, 0.2) is 16.9 Å². The summed E-state index contributed by atoms with van der Waals surface area (Å²) in [5.74, 6) is 1.51. The molecule has 2 fully saturated rings. The van der Waals surface area contributed by atoms with Crippen molar-refractivity contribution in [3.05, 3.63) is 23.7 Å². The monoisotopic (exact) mass is 325 g/mol. The van der Waals surface area contributed by atoms with E-state index in [9.17, 15) is 0 Å². The van der Waals surface area contributed by atoms with Gasteiger partial charge in [0.2, 0.25) is 0 Å². The first kappa shape index (κ1) is 13.4. The highest BCUT2D eigenvalue weighted by Gasteiger charge is 2.42. The molecule has 2 atom stereocenters. The fourth-order valence-corrected chi connectivity index (χ4v) is 4.02. The van der Waals surface area contributed by atoms with Gasteiger partial charge in [0, 0.05) is 11.8 Å². The molecule has 1 aromatic heterocycles. The summed E-state index contributed by atoms with van der Waals surface area (Å²) in [6.07, 6.45) is 9.04. The molecule has 0 radical (unpaired) electrons. The summed E-state index contributed by atoms with van der Waals surface area (Å²) in [6, 6.07) is 0. The molecule has 2 bridgehead atoms. The van der Waals surface area contributed by atoms with Crippen LogP contribution in [0.25, 0.3) is 0 Å². The van der Waals surface area contributed by atoms with Crippen LogP contribution in [-0.2, 0) is 17.6 Å². The van der Waals surface area contributed by atoms with Crippen LogP contribution in [0.4, 0.5) is 0 Å². The van der Waals surface area contributed by atoms with E-state index in [1.54, 1.807) is 5.71 Å². The van der Waals surface area contributed by atoms with E-state index in [1.165, 1.54) is 36.8 Å². The number of fused-ring (bicyclic) bond motifs is 3. The standard InChI is InChI=1S/C15H20NO2.BrH/c1-2-12-8-14-10-18-9-13(14)7-11(1)15(12)16-3-5-17-6-4-16;/h9-12H,1-8H2;1H/q+1;/p-1. The van der Waals surface area contributed by atoms with E-state index in [-0.39, 0.29) is 17.0 Å². The van der Waals surface area contributed by atoms with Crippen LogP contribution < -0.4 is 17.0 Å². The second-order valence-electron chi connectivity index (χ2n) is 5.83. The summed E-state index contributed by atoms with van der Waals surface area (Å²) in [5.41, 5.74) is 4.63. The van der Waals surface area contributed by atoms with E-state index in [4.69, 9.17) is 9.15 Å². The second-order valence-corrected chi connectivity index (χ2v) is 5.83. The molecular weight excluding hydrogens is 306 g/mol. The minimum absolute atomic E-state index is 0. The number of nitrogens with zero attached hydrogens (tertiary/aromatic N) is 1. The third-order valence-corrected chi connectivity index (χ3v) is 4.84. The summed E-state index contributed by atoms with van der Waals surface area (Å²) in [7, 11) is 0. The van der Waals surface area contributed by atoms with E-state index in [0.717, 1.165) is 38.1 Å². The van der Waals surface area contributed by atoms with Gasteiger partial charge in [-0.3, -0.25) is 0 Å². The maximum Gasteiger partial charge on any atom is 0.166 e. The van der Waals surface area contributed by atoms with Gasteiger partial charge in [-0.25, -0.2) is 4.58 Å². The molecule has 104 valence electrons. The number of furan rings is 1. The van der Waals surface area contributed by atoms with Crippen molar-refractivity contribution in [1.82, 2.24) is 0 Å². The molecule has 3 nitrogen and oxygen atoms in total. The van der Waals surface area contributed by atoms with Crippen molar-refractivity contribution in [1.29, 1.82) is 0 Å². The van der Waals surface area contributed by atoms with Crippen LogP contribution in [0.2, 0.25) is 0 Å². The molecule has 19 heavy (non-hydrogen) atoms. The largest absolute Gasteiger partial charge is 1.00 e. The van der Waals surface area contributed by atoms with Crippen LogP contribution in [0.1, 0.15) is 24.0 Å². The maximum atomic E-state index is 5.49. The van der Waals surface area contributed by atoms with Gasteiger partial charge in [-0.05, 0) is 36.8 Å². The lowest BCUT2D eigenvalue weighted by atomic mass is 9.97. The summed E-state index contributed by atoms with van der Waals surface area (Å²) >= 11 is 0. The zero-order valence-corrected chi connectivity index (χ0v) is 12.7. The highest BCUT2D eigenvalue weighted by molar-refractivity contribution is 5.87. The number of hydrogen-bond acceptors (Lipinski definition) is 2. The lowest BCUT2D eigenvalue weighted by Crippen LogP contribution is -3.00.